The first kappa shape index (κ1) is 15.2. The van der Waals surface area contributed by atoms with Gasteiger partial charge in [0.1, 0.15) is 18.1 Å². The highest BCUT2D eigenvalue weighted by Gasteiger charge is 2.17. The first-order valence-corrected chi connectivity index (χ1v) is 7.24. The van der Waals surface area contributed by atoms with Crippen LogP contribution < -0.4 is 10.1 Å². The monoisotopic (exact) mass is 316 g/mol. The summed E-state index contributed by atoms with van der Waals surface area (Å²) in [5.41, 5.74) is 0.947. The van der Waals surface area contributed by atoms with E-state index >= 15 is 0 Å². The van der Waals surface area contributed by atoms with E-state index in [1.807, 2.05) is 12.1 Å². The molecule has 8 heteroatoms. The Morgan fingerprint density at radius 2 is 2.30 bits per heavy atom. The van der Waals surface area contributed by atoms with Gasteiger partial charge in [0.25, 0.3) is 5.69 Å². The van der Waals surface area contributed by atoms with Gasteiger partial charge in [0, 0.05) is 31.3 Å². The van der Waals surface area contributed by atoms with E-state index in [-0.39, 0.29) is 11.8 Å². The minimum Gasteiger partial charge on any atom is -0.472 e. The summed E-state index contributed by atoms with van der Waals surface area (Å²) in [4.78, 5) is 18.3. The summed E-state index contributed by atoms with van der Waals surface area (Å²) >= 11 is 0. The van der Waals surface area contributed by atoms with E-state index < -0.39 is 4.92 Å². The Bertz CT molecular complexity index is 671. The molecular weight excluding hydrogens is 300 g/mol. The predicted octanol–water partition coefficient (Wildman–Crippen LogP) is 2.16. The Morgan fingerprint density at radius 3 is 3.00 bits per heavy atom. The standard InChI is InChI=1S/C15H16N4O4/c20-19(21)12-1-2-14(18-9-12)17-8-11-3-5-16-15(7-11)23-13-4-6-22-10-13/h1-3,5,7,9,13H,4,6,8,10H2,(H,17,18). The van der Waals surface area contributed by atoms with E-state index in [1.54, 1.807) is 12.3 Å². The van der Waals surface area contributed by atoms with Gasteiger partial charge in [-0.15, -0.1) is 0 Å². The number of hydrogen-bond donors (Lipinski definition) is 1. The molecule has 1 aliphatic heterocycles. The number of aromatic nitrogens is 2. The molecule has 2 aromatic heterocycles. The van der Waals surface area contributed by atoms with Gasteiger partial charge in [-0.3, -0.25) is 10.1 Å². The maximum Gasteiger partial charge on any atom is 0.287 e. The Hall–Kier alpha value is -2.74. The van der Waals surface area contributed by atoms with Gasteiger partial charge in [-0.05, 0) is 17.7 Å². The molecule has 1 atom stereocenters. The molecule has 0 aliphatic carbocycles. The molecule has 1 N–H and O–H groups in total. The normalized spacial score (nSPS) is 17.0. The maximum atomic E-state index is 10.6. The zero-order valence-corrected chi connectivity index (χ0v) is 12.3. The predicted molar refractivity (Wildman–Crippen MR) is 82.3 cm³/mol. The van der Waals surface area contributed by atoms with Crippen molar-refractivity contribution in [1.82, 2.24) is 9.97 Å². The summed E-state index contributed by atoms with van der Waals surface area (Å²) in [5, 5.41) is 13.7. The molecule has 0 bridgehead atoms. The zero-order chi connectivity index (χ0) is 16.1. The van der Waals surface area contributed by atoms with Gasteiger partial charge >= 0.3 is 0 Å². The highest BCUT2D eigenvalue weighted by Crippen LogP contribution is 2.17. The molecule has 3 heterocycles. The van der Waals surface area contributed by atoms with Crippen molar-refractivity contribution in [3.63, 3.8) is 0 Å². The number of nitro groups is 1. The molecule has 1 saturated heterocycles. The van der Waals surface area contributed by atoms with Gasteiger partial charge in [-0.25, -0.2) is 9.97 Å². The average molecular weight is 316 g/mol. The lowest BCUT2D eigenvalue weighted by molar-refractivity contribution is -0.385. The SMILES string of the molecule is O=[N+]([O-])c1ccc(NCc2ccnc(OC3CCOC3)c2)nc1. The first-order valence-electron chi connectivity index (χ1n) is 7.24. The van der Waals surface area contributed by atoms with Crippen molar-refractivity contribution >= 4 is 11.5 Å². The van der Waals surface area contributed by atoms with Crippen molar-refractivity contribution in [2.24, 2.45) is 0 Å². The summed E-state index contributed by atoms with van der Waals surface area (Å²) in [7, 11) is 0. The van der Waals surface area contributed by atoms with Crippen LogP contribution in [0.5, 0.6) is 5.88 Å². The summed E-state index contributed by atoms with van der Waals surface area (Å²) in [6.07, 6.45) is 3.84. The van der Waals surface area contributed by atoms with Crippen LogP contribution >= 0.6 is 0 Å². The van der Waals surface area contributed by atoms with Gasteiger partial charge in [0.2, 0.25) is 5.88 Å². The van der Waals surface area contributed by atoms with Crippen molar-refractivity contribution in [2.75, 3.05) is 18.5 Å². The molecule has 1 aliphatic rings. The van der Waals surface area contributed by atoms with Crippen molar-refractivity contribution in [3.8, 4) is 5.88 Å². The third-order valence-corrected chi connectivity index (χ3v) is 3.41. The first-order chi connectivity index (χ1) is 11.2. The second kappa shape index (κ2) is 7.01. The average Bonchev–Trinajstić information content (AvgIpc) is 3.07. The molecule has 0 saturated carbocycles. The van der Waals surface area contributed by atoms with Gasteiger partial charge < -0.3 is 14.8 Å². The fourth-order valence-electron chi connectivity index (χ4n) is 2.19. The molecule has 120 valence electrons. The Labute approximate surface area is 132 Å². The number of nitrogens with one attached hydrogen (secondary N) is 1. The molecular formula is C15H16N4O4. The van der Waals surface area contributed by atoms with Crippen molar-refractivity contribution < 1.29 is 14.4 Å². The number of hydrogen-bond acceptors (Lipinski definition) is 7. The third kappa shape index (κ3) is 4.13. The van der Waals surface area contributed by atoms with Crippen molar-refractivity contribution in [3.05, 3.63) is 52.3 Å². The maximum absolute atomic E-state index is 10.6. The van der Waals surface area contributed by atoms with Crippen molar-refractivity contribution in [2.45, 2.75) is 19.1 Å². The quantitative estimate of drug-likeness (QED) is 0.644. The molecule has 8 nitrogen and oxygen atoms in total. The lowest BCUT2D eigenvalue weighted by atomic mass is 10.2. The highest BCUT2D eigenvalue weighted by atomic mass is 16.6. The molecule has 2 aromatic rings. The van der Waals surface area contributed by atoms with E-state index in [0.717, 1.165) is 18.6 Å². The van der Waals surface area contributed by atoms with Crippen LogP contribution in [0.3, 0.4) is 0 Å². The second-order valence-electron chi connectivity index (χ2n) is 5.12. The fraction of sp³-hybridized carbons (Fsp3) is 0.333. The molecule has 0 amide bonds. The van der Waals surface area contributed by atoms with Gasteiger partial charge in [-0.1, -0.05) is 0 Å². The van der Waals surface area contributed by atoms with Crippen LogP contribution in [0.15, 0.2) is 36.7 Å². The van der Waals surface area contributed by atoms with Crippen LogP contribution in [-0.2, 0) is 11.3 Å². The number of ether oxygens (including phenoxy) is 2. The lowest BCUT2D eigenvalue weighted by Gasteiger charge is -2.12. The molecule has 0 radical (unpaired) electrons. The van der Waals surface area contributed by atoms with Crippen LogP contribution in [0, 0.1) is 10.1 Å². The van der Waals surface area contributed by atoms with Gasteiger partial charge in [0.05, 0.1) is 18.1 Å². The van der Waals surface area contributed by atoms with E-state index in [2.05, 4.69) is 15.3 Å². The molecule has 3 rings (SSSR count). The van der Waals surface area contributed by atoms with Gasteiger partial charge in [-0.2, -0.15) is 0 Å². The molecule has 1 fully saturated rings. The second-order valence-corrected chi connectivity index (χ2v) is 5.12. The van der Waals surface area contributed by atoms with Crippen LogP contribution in [0.2, 0.25) is 0 Å². The summed E-state index contributed by atoms with van der Waals surface area (Å²) in [6.45, 7) is 1.83. The Morgan fingerprint density at radius 1 is 1.39 bits per heavy atom. The van der Waals surface area contributed by atoms with E-state index in [0.29, 0.717) is 24.8 Å². The van der Waals surface area contributed by atoms with Crippen LogP contribution in [0.1, 0.15) is 12.0 Å². The molecule has 0 spiro atoms. The van der Waals surface area contributed by atoms with Crippen LogP contribution in [0.4, 0.5) is 11.5 Å². The number of rotatable bonds is 6. The Kier molecular flexibility index (Phi) is 4.62. The third-order valence-electron chi connectivity index (χ3n) is 3.41. The summed E-state index contributed by atoms with van der Waals surface area (Å²) in [6, 6.07) is 6.72. The van der Waals surface area contributed by atoms with Gasteiger partial charge in [0.15, 0.2) is 0 Å². The minimum atomic E-state index is -0.476. The fourth-order valence-corrected chi connectivity index (χ4v) is 2.19. The summed E-state index contributed by atoms with van der Waals surface area (Å²) < 4.78 is 11.0. The topological polar surface area (TPSA) is 99.4 Å². The van der Waals surface area contributed by atoms with Crippen molar-refractivity contribution in [1.29, 1.82) is 0 Å². The lowest BCUT2D eigenvalue weighted by Crippen LogP contribution is -2.16. The van der Waals surface area contributed by atoms with Crippen LogP contribution in [0.25, 0.3) is 0 Å². The molecule has 0 aromatic carbocycles. The molecule has 23 heavy (non-hydrogen) atoms. The van der Waals surface area contributed by atoms with Crippen LogP contribution in [-0.4, -0.2) is 34.2 Å². The van der Waals surface area contributed by atoms with E-state index in [4.69, 9.17) is 9.47 Å². The largest absolute Gasteiger partial charge is 0.472 e. The summed E-state index contributed by atoms with van der Waals surface area (Å²) in [5.74, 6) is 1.13. The van der Waals surface area contributed by atoms with E-state index in [9.17, 15) is 10.1 Å². The number of nitrogens with zero attached hydrogens (tertiary/aromatic N) is 3. The highest BCUT2D eigenvalue weighted by molar-refractivity contribution is 5.40. The number of pyridine rings is 2. The minimum absolute atomic E-state index is 0.0334. The molecule has 1 unspecified atom stereocenters. The number of anilines is 1. The van der Waals surface area contributed by atoms with E-state index in [1.165, 1.54) is 12.3 Å². The zero-order valence-electron chi connectivity index (χ0n) is 12.3. The Balaban J connectivity index is 1.58. The smallest absolute Gasteiger partial charge is 0.287 e.